The zero-order valence-corrected chi connectivity index (χ0v) is 19.3. The van der Waals surface area contributed by atoms with Crippen LogP contribution in [0.5, 0.6) is 11.5 Å². The molecule has 0 radical (unpaired) electrons. The van der Waals surface area contributed by atoms with Crippen molar-refractivity contribution in [3.05, 3.63) is 47.9 Å². The predicted octanol–water partition coefficient (Wildman–Crippen LogP) is 3.10. The molecule has 3 aromatic rings. The van der Waals surface area contributed by atoms with Crippen LogP contribution in [-0.4, -0.2) is 56.7 Å². The van der Waals surface area contributed by atoms with Gasteiger partial charge >= 0.3 is 11.8 Å². The average Bonchev–Trinajstić information content (AvgIpc) is 3.51. The molecule has 11 heteroatoms. The van der Waals surface area contributed by atoms with Crippen LogP contribution >= 0.6 is 0 Å². The largest absolute Gasteiger partial charge is 0.497 e. The average molecular weight is 473 g/mol. The van der Waals surface area contributed by atoms with E-state index >= 15 is 0 Å². The summed E-state index contributed by atoms with van der Waals surface area (Å²) in [6, 6.07) is 9.54. The summed E-state index contributed by atoms with van der Waals surface area (Å²) in [6.07, 6.45) is 1.88. The molecular formula is C22H24N4O6S. The molecule has 2 aromatic carbocycles. The Hall–Kier alpha value is -3.60. The van der Waals surface area contributed by atoms with Crippen molar-refractivity contribution in [3.8, 4) is 22.9 Å². The predicted molar refractivity (Wildman–Crippen MR) is 120 cm³/mol. The van der Waals surface area contributed by atoms with Gasteiger partial charge in [-0.1, -0.05) is 17.3 Å². The Morgan fingerprint density at radius 2 is 1.85 bits per heavy atom. The first-order valence-electron chi connectivity index (χ1n) is 10.3. The standard InChI is InChI=1S/C22H24N4O6S/c1-14-6-7-15(20-23-21(32-24-20)22(27)26-10-4-5-11-26)12-19(14)33(28,29)25-17-9-8-16(30-2)13-18(17)31-3/h6-9,12-13,25H,4-5,10-11H2,1-3H3. The lowest BCUT2D eigenvalue weighted by molar-refractivity contribution is 0.0743. The lowest BCUT2D eigenvalue weighted by Crippen LogP contribution is -2.27. The monoisotopic (exact) mass is 472 g/mol. The second-order valence-corrected chi connectivity index (χ2v) is 9.23. The van der Waals surface area contributed by atoms with Crippen molar-refractivity contribution in [1.82, 2.24) is 15.0 Å². The van der Waals surface area contributed by atoms with Gasteiger partial charge in [-0.3, -0.25) is 9.52 Å². The third-order valence-corrected chi connectivity index (χ3v) is 6.90. The van der Waals surface area contributed by atoms with Gasteiger partial charge in [0.1, 0.15) is 11.5 Å². The fraction of sp³-hybridized carbons (Fsp3) is 0.318. The summed E-state index contributed by atoms with van der Waals surface area (Å²) >= 11 is 0. The highest BCUT2D eigenvalue weighted by molar-refractivity contribution is 7.92. The number of nitrogens with one attached hydrogen (secondary N) is 1. The number of hydrogen-bond acceptors (Lipinski definition) is 8. The first-order chi connectivity index (χ1) is 15.8. The number of hydrogen-bond donors (Lipinski definition) is 1. The van der Waals surface area contributed by atoms with Crippen molar-refractivity contribution in [2.75, 3.05) is 32.0 Å². The van der Waals surface area contributed by atoms with E-state index in [2.05, 4.69) is 14.9 Å². The van der Waals surface area contributed by atoms with E-state index in [1.165, 1.54) is 20.3 Å². The summed E-state index contributed by atoms with van der Waals surface area (Å²) in [5.41, 5.74) is 1.20. The second kappa shape index (κ2) is 9.10. The number of rotatable bonds is 7. The number of ether oxygens (including phenoxy) is 2. The molecule has 0 aliphatic carbocycles. The first-order valence-corrected chi connectivity index (χ1v) is 11.8. The number of methoxy groups -OCH3 is 2. The number of amides is 1. The number of carbonyl (C=O) groups excluding carboxylic acids is 1. The molecule has 4 rings (SSSR count). The van der Waals surface area contributed by atoms with E-state index < -0.39 is 10.0 Å². The van der Waals surface area contributed by atoms with Crippen molar-refractivity contribution in [1.29, 1.82) is 0 Å². The van der Waals surface area contributed by atoms with Crippen molar-refractivity contribution in [2.45, 2.75) is 24.7 Å². The van der Waals surface area contributed by atoms with Crippen molar-refractivity contribution >= 4 is 21.6 Å². The maximum absolute atomic E-state index is 13.2. The van der Waals surface area contributed by atoms with Gasteiger partial charge in [0.2, 0.25) is 5.82 Å². The van der Waals surface area contributed by atoms with E-state index in [0.29, 0.717) is 35.7 Å². The lowest BCUT2D eigenvalue weighted by atomic mass is 10.1. The van der Waals surface area contributed by atoms with Gasteiger partial charge in [-0.2, -0.15) is 4.98 Å². The Morgan fingerprint density at radius 1 is 1.09 bits per heavy atom. The Labute approximate surface area is 191 Å². The molecule has 1 fully saturated rings. The van der Waals surface area contributed by atoms with Gasteiger partial charge in [0.25, 0.3) is 10.0 Å². The zero-order valence-electron chi connectivity index (χ0n) is 18.5. The Balaban J connectivity index is 1.63. The summed E-state index contributed by atoms with van der Waals surface area (Å²) in [4.78, 5) is 18.4. The number of likely N-dealkylation sites (tertiary alicyclic amines) is 1. The molecule has 1 saturated heterocycles. The molecule has 33 heavy (non-hydrogen) atoms. The zero-order chi connectivity index (χ0) is 23.6. The van der Waals surface area contributed by atoms with Crippen LogP contribution in [0.15, 0.2) is 45.8 Å². The molecule has 10 nitrogen and oxygen atoms in total. The number of sulfonamides is 1. The maximum Gasteiger partial charge on any atom is 0.316 e. The van der Waals surface area contributed by atoms with E-state index in [-0.39, 0.29) is 28.2 Å². The Morgan fingerprint density at radius 3 is 2.55 bits per heavy atom. The van der Waals surface area contributed by atoms with Gasteiger partial charge in [-0.25, -0.2) is 8.42 Å². The van der Waals surface area contributed by atoms with Crippen LogP contribution < -0.4 is 14.2 Å². The third kappa shape index (κ3) is 4.63. The molecule has 1 aliphatic rings. The number of aromatic nitrogens is 2. The number of nitrogens with zero attached hydrogens (tertiary/aromatic N) is 3. The van der Waals surface area contributed by atoms with E-state index in [4.69, 9.17) is 14.0 Å². The van der Waals surface area contributed by atoms with Crippen LogP contribution in [0.2, 0.25) is 0 Å². The maximum atomic E-state index is 13.2. The molecular weight excluding hydrogens is 448 g/mol. The minimum atomic E-state index is -3.98. The smallest absolute Gasteiger partial charge is 0.316 e. The first kappa shape index (κ1) is 22.6. The molecule has 0 spiro atoms. The van der Waals surface area contributed by atoms with Crippen LogP contribution in [0.25, 0.3) is 11.4 Å². The number of aryl methyl sites for hydroxylation is 1. The van der Waals surface area contributed by atoms with Crippen LogP contribution in [0, 0.1) is 6.92 Å². The molecule has 1 aromatic heterocycles. The molecule has 1 amide bonds. The summed E-state index contributed by atoms with van der Waals surface area (Å²) in [5, 5.41) is 3.88. The third-order valence-electron chi connectivity index (χ3n) is 5.39. The summed E-state index contributed by atoms with van der Waals surface area (Å²) in [6.45, 7) is 3.00. The van der Waals surface area contributed by atoms with Crippen LogP contribution in [-0.2, 0) is 10.0 Å². The van der Waals surface area contributed by atoms with Crippen molar-refractivity contribution < 1.29 is 27.2 Å². The van der Waals surface area contributed by atoms with Gasteiger partial charge in [0.15, 0.2) is 0 Å². The fourth-order valence-electron chi connectivity index (χ4n) is 3.59. The summed E-state index contributed by atoms with van der Waals surface area (Å²) in [5.74, 6) is 0.549. The Kier molecular flexibility index (Phi) is 6.23. The number of anilines is 1. The van der Waals surface area contributed by atoms with Gasteiger partial charge in [-0.15, -0.1) is 0 Å². The molecule has 1 N–H and O–H groups in total. The minimum absolute atomic E-state index is 0.0371. The SMILES string of the molecule is COc1ccc(NS(=O)(=O)c2cc(-c3noc(C(=O)N4CCCC4)n3)ccc2C)c(OC)c1. The van der Waals surface area contributed by atoms with Gasteiger partial charge in [0, 0.05) is 24.7 Å². The quantitative estimate of drug-likeness (QED) is 0.556. The minimum Gasteiger partial charge on any atom is -0.497 e. The van der Waals surface area contributed by atoms with Gasteiger partial charge in [0.05, 0.1) is 24.8 Å². The number of benzene rings is 2. The second-order valence-electron chi connectivity index (χ2n) is 7.57. The fourth-order valence-corrected chi connectivity index (χ4v) is 4.94. The van der Waals surface area contributed by atoms with E-state index in [9.17, 15) is 13.2 Å². The highest BCUT2D eigenvalue weighted by Crippen LogP contribution is 2.32. The molecule has 0 unspecified atom stereocenters. The van der Waals surface area contributed by atoms with Gasteiger partial charge < -0.3 is 18.9 Å². The lowest BCUT2D eigenvalue weighted by Gasteiger charge is -2.14. The molecule has 0 atom stereocenters. The molecule has 0 bridgehead atoms. The van der Waals surface area contributed by atoms with E-state index in [1.807, 2.05) is 0 Å². The van der Waals surface area contributed by atoms with Crippen molar-refractivity contribution in [2.24, 2.45) is 0 Å². The highest BCUT2D eigenvalue weighted by Gasteiger charge is 2.26. The molecule has 0 saturated carbocycles. The summed E-state index contributed by atoms with van der Waals surface area (Å²) < 4.78 is 44.5. The number of carbonyl (C=O) groups is 1. The normalized spacial score (nSPS) is 13.7. The van der Waals surface area contributed by atoms with E-state index in [0.717, 1.165) is 12.8 Å². The van der Waals surface area contributed by atoms with Gasteiger partial charge in [-0.05, 0) is 43.5 Å². The van der Waals surface area contributed by atoms with Crippen LogP contribution in [0.3, 0.4) is 0 Å². The van der Waals surface area contributed by atoms with E-state index in [1.54, 1.807) is 42.2 Å². The molecule has 174 valence electrons. The Bertz CT molecular complexity index is 1280. The summed E-state index contributed by atoms with van der Waals surface area (Å²) in [7, 11) is -1.03. The highest BCUT2D eigenvalue weighted by atomic mass is 32.2. The van der Waals surface area contributed by atoms with Crippen LogP contribution in [0.1, 0.15) is 29.1 Å². The molecule has 1 aliphatic heterocycles. The molecule has 2 heterocycles. The topological polar surface area (TPSA) is 124 Å². The van der Waals surface area contributed by atoms with Crippen molar-refractivity contribution in [3.63, 3.8) is 0 Å². The van der Waals surface area contributed by atoms with Crippen LogP contribution in [0.4, 0.5) is 5.69 Å².